The van der Waals surface area contributed by atoms with Crippen LogP contribution in [0.25, 0.3) is 11.1 Å². The van der Waals surface area contributed by atoms with Crippen LogP contribution < -0.4 is 10.1 Å². The Balaban J connectivity index is 1.68. The minimum absolute atomic E-state index is 0.0710. The van der Waals surface area contributed by atoms with Crippen molar-refractivity contribution in [1.82, 2.24) is 5.32 Å². The fourth-order valence-corrected chi connectivity index (χ4v) is 3.29. The van der Waals surface area contributed by atoms with Crippen LogP contribution in [0, 0.1) is 5.82 Å². The fourth-order valence-electron chi connectivity index (χ4n) is 3.13. The average Bonchev–Trinajstić information content (AvgIpc) is 2.76. The summed E-state index contributed by atoms with van der Waals surface area (Å²) in [5.74, 6) is -0.886. The zero-order chi connectivity index (χ0) is 23.1. The van der Waals surface area contributed by atoms with Gasteiger partial charge in [0.1, 0.15) is 18.2 Å². The Morgan fingerprint density at radius 3 is 2.53 bits per heavy atom. The van der Waals surface area contributed by atoms with E-state index in [1.165, 1.54) is 19.2 Å². The van der Waals surface area contributed by atoms with E-state index in [2.05, 4.69) is 5.32 Å². The lowest BCUT2D eigenvalue weighted by Crippen LogP contribution is -2.24. The van der Waals surface area contributed by atoms with Crippen molar-refractivity contribution in [2.45, 2.75) is 19.6 Å². The molecule has 6 nitrogen and oxygen atoms in total. The van der Waals surface area contributed by atoms with Gasteiger partial charge in [-0.1, -0.05) is 48.0 Å². The molecular weight excluding hydrogens is 437 g/mol. The maximum atomic E-state index is 13.8. The van der Waals surface area contributed by atoms with E-state index in [9.17, 15) is 14.0 Å². The lowest BCUT2D eigenvalue weighted by Gasteiger charge is -2.13. The third-order valence-corrected chi connectivity index (χ3v) is 4.93. The second-order valence-corrected chi connectivity index (χ2v) is 7.40. The number of methoxy groups -OCH3 is 1. The number of hydrogen-bond donors (Lipinski definition) is 2. The summed E-state index contributed by atoms with van der Waals surface area (Å²) in [7, 11) is 1.52. The average molecular weight is 458 g/mol. The number of amides is 1. The standard InChI is InChI=1S/C24H21ClFNO5/c1-31-22-8-6-17(16-4-2-3-15(9-16)10-23(28)29)11-19(22)13-27-24(30)32-14-18-5-7-20(25)12-21(18)26/h2-9,11-12H,10,13-14H2,1H3,(H,27,30)(H,28,29). The van der Waals surface area contributed by atoms with Gasteiger partial charge in [-0.3, -0.25) is 4.79 Å². The number of alkyl carbamates (subject to hydrolysis) is 1. The first kappa shape index (κ1) is 23.1. The van der Waals surface area contributed by atoms with E-state index in [1.54, 1.807) is 18.2 Å². The second kappa shape index (κ2) is 10.6. The zero-order valence-electron chi connectivity index (χ0n) is 17.2. The minimum atomic E-state index is -0.904. The van der Waals surface area contributed by atoms with Crippen molar-refractivity contribution in [3.63, 3.8) is 0 Å². The maximum Gasteiger partial charge on any atom is 0.407 e. The molecule has 0 atom stereocenters. The Bertz CT molecular complexity index is 1140. The Morgan fingerprint density at radius 2 is 1.81 bits per heavy atom. The molecule has 0 aliphatic heterocycles. The van der Waals surface area contributed by atoms with Gasteiger partial charge in [0.2, 0.25) is 0 Å². The van der Waals surface area contributed by atoms with E-state index < -0.39 is 17.9 Å². The van der Waals surface area contributed by atoms with Gasteiger partial charge in [0.25, 0.3) is 0 Å². The molecule has 0 saturated carbocycles. The summed E-state index contributed by atoms with van der Waals surface area (Å²) in [6, 6.07) is 16.8. The van der Waals surface area contributed by atoms with E-state index in [1.807, 2.05) is 24.3 Å². The molecule has 0 bridgehead atoms. The first-order chi connectivity index (χ1) is 15.4. The van der Waals surface area contributed by atoms with E-state index in [0.29, 0.717) is 16.9 Å². The first-order valence-electron chi connectivity index (χ1n) is 9.68. The minimum Gasteiger partial charge on any atom is -0.496 e. The van der Waals surface area contributed by atoms with Crippen molar-refractivity contribution in [3.05, 3.63) is 88.2 Å². The molecule has 3 rings (SSSR count). The van der Waals surface area contributed by atoms with Crippen LogP contribution in [0.1, 0.15) is 16.7 Å². The number of carboxylic acids is 1. The van der Waals surface area contributed by atoms with Crippen LogP contribution in [-0.2, 0) is 29.1 Å². The molecule has 3 aromatic rings. The molecule has 166 valence electrons. The number of carbonyl (C=O) groups is 2. The lowest BCUT2D eigenvalue weighted by molar-refractivity contribution is -0.136. The molecule has 0 radical (unpaired) electrons. The number of benzene rings is 3. The summed E-state index contributed by atoms with van der Waals surface area (Å²) in [6.07, 6.45) is -0.784. The third-order valence-electron chi connectivity index (χ3n) is 4.69. The lowest BCUT2D eigenvalue weighted by atomic mass is 9.99. The summed E-state index contributed by atoms with van der Waals surface area (Å²) < 4.78 is 24.3. The van der Waals surface area contributed by atoms with Gasteiger partial charge in [0, 0.05) is 22.7 Å². The number of rotatable bonds is 8. The van der Waals surface area contributed by atoms with Crippen LogP contribution in [0.2, 0.25) is 5.02 Å². The number of carbonyl (C=O) groups excluding carboxylic acids is 1. The zero-order valence-corrected chi connectivity index (χ0v) is 18.0. The number of ether oxygens (including phenoxy) is 2. The predicted octanol–water partition coefficient (Wildman–Crippen LogP) is 5.21. The molecule has 0 spiro atoms. The smallest absolute Gasteiger partial charge is 0.407 e. The van der Waals surface area contributed by atoms with Gasteiger partial charge in [-0.2, -0.15) is 0 Å². The number of aliphatic carboxylic acids is 1. The van der Waals surface area contributed by atoms with Gasteiger partial charge in [-0.05, 0) is 41.0 Å². The SMILES string of the molecule is COc1ccc(-c2cccc(CC(=O)O)c2)cc1CNC(=O)OCc1ccc(Cl)cc1F. The molecule has 8 heteroatoms. The molecule has 0 unspecified atom stereocenters. The van der Waals surface area contributed by atoms with Crippen molar-refractivity contribution in [1.29, 1.82) is 0 Å². The second-order valence-electron chi connectivity index (χ2n) is 6.96. The van der Waals surface area contributed by atoms with Gasteiger partial charge in [0.05, 0.1) is 13.5 Å². The largest absolute Gasteiger partial charge is 0.496 e. The predicted molar refractivity (Wildman–Crippen MR) is 118 cm³/mol. The first-order valence-corrected chi connectivity index (χ1v) is 10.1. The molecule has 3 aromatic carbocycles. The number of nitrogens with one attached hydrogen (secondary N) is 1. The molecule has 2 N–H and O–H groups in total. The van der Waals surface area contributed by atoms with Crippen molar-refractivity contribution in [3.8, 4) is 16.9 Å². The summed E-state index contributed by atoms with van der Waals surface area (Å²) in [6.45, 7) is -0.115. The van der Waals surface area contributed by atoms with E-state index in [0.717, 1.165) is 17.2 Å². The van der Waals surface area contributed by atoms with Crippen LogP contribution in [-0.4, -0.2) is 24.3 Å². The molecule has 0 saturated heterocycles. The van der Waals surface area contributed by atoms with Gasteiger partial charge in [0.15, 0.2) is 0 Å². The van der Waals surface area contributed by atoms with Crippen molar-refractivity contribution in [2.75, 3.05) is 7.11 Å². The van der Waals surface area contributed by atoms with Crippen LogP contribution in [0.3, 0.4) is 0 Å². The summed E-state index contributed by atoms with van der Waals surface area (Å²) >= 11 is 5.72. The van der Waals surface area contributed by atoms with E-state index in [-0.39, 0.29) is 30.2 Å². The van der Waals surface area contributed by atoms with E-state index in [4.69, 9.17) is 26.2 Å². The normalized spacial score (nSPS) is 10.5. The Kier molecular flexibility index (Phi) is 7.68. The van der Waals surface area contributed by atoms with Gasteiger partial charge < -0.3 is 19.9 Å². The van der Waals surface area contributed by atoms with Gasteiger partial charge >= 0.3 is 12.1 Å². The Morgan fingerprint density at radius 1 is 1.03 bits per heavy atom. The molecule has 0 aliphatic carbocycles. The van der Waals surface area contributed by atoms with Crippen molar-refractivity contribution < 1.29 is 28.6 Å². The van der Waals surface area contributed by atoms with Crippen molar-refractivity contribution in [2.24, 2.45) is 0 Å². The van der Waals surface area contributed by atoms with Crippen LogP contribution in [0.5, 0.6) is 5.75 Å². The molecular formula is C24H21ClFNO5. The van der Waals surface area contributed by atoms with Crippen molar-refractivity contribution >= 4 is 23.7 Å². The fraction of sp³-hybridized carbons (Fsp3) is 0.167. The Labute approximate surface area is 189 Å². The summed E-state index contributed by atoms with van der Waals surface area (Å²) in [5, 5.41) is 11.9. The molecule has 0 fully saturated rings. The third kappa shape index (κ3) is 6.21. The monoisotopic (exact) mass is 457 g/mol. The molecule has 0 aliphatic rings. The van der Waals surface area contributed by atoms with Crippen LogP contribution in [0.15, 0.2) is 60.7 Å². The molecule has 0 aromatic heterocycles. The topological polar surface area (TPSA) is 84.9 Å². The number of carboxylic acid groups (broad SMARTS) is 1. The quantitative estimate of drug-likeness (QED) is 0.485. The van der Waals surface area contributed by atoms with Gasteiger partial charge in [-0.25, -0.2) is 9.18 Å². The highest BCUT2D eigenvalue weighted by Gasteiger charge is 2.11. The molecule has 1 amide bonds. The number of hydrogen-bond acceptors (Lipinski definition) is 4. The highest BCUT2D eigenvalue weighted by atomic mass is 35.5. The van der Waals surface area contributed by atoms with E-state index >= 15 is 0 Å². The highest BCUT2D eigenvalue weighted by molar-refractivity contribution is 6.30. The molecule has 0 heterocycles. The maximum absolute atomic E-state index is 13.8. The number of halogens is 2. The van der Waals surface area contributed by atoms with Crippen LogP contribution >= 0.6 is 11.6 Å². The van der Waals surface area contributed by atoms with Gasteiger partial charge in [-0.15, -0.1) is 0 Å². The Hall–Kier alpha value is -3.58. The molecule has 32 heavy (non-hydrogen) atoms. The highest BCUT2D eigenvalue weighted by Crippen LogP contribution is 2.27. The van der Waals surface area contributed by atoms with Crippen LogP contribution in [0.4, 0.5) is 9.18 Å². The summed E-state index contributed by atoms with van der Waals surface area (Å²) in [4.78, 5) is 23.1. The summed E-state index contributed by atoms with van der Waals surface area (Å²) in [5.41, 5.74) is 3.28.